The molecule has 0 aromatic heterocycles. The molecule has 0 radical (unpaired) electrons. The summed E-state index contributed by atoms with van der Waals surface area (Å²) in [6, 6.07) is 3.34. The van der Waals surface area contributed by atoms with Gasteiger partial charge in [-0.3, -0.25) is 0 Å². The van der Waals surface area contributed by atoms with Crippen molar-refractivity contribution in [2.75, 3.05) is 24.8 Å². The second-order valence-corrected chi connectivity index (χ2v) is 5.51. The lowest BCUT2D eigenvalue weighted by Crippen LogP contribution is -2.30. The molecule has 0 saturated heterocycles. The number of esters is 1. The van der Waals surface area contributed by atoms with Crippen LogP contribution in [0.5, 0.6) is 0 Å². The van der Waals surface area contributed by atoms with Crippen molar-refractivity contribution in [1.82, 2.24) is 0 Å². The molecular weight excluding hydrogens is 292 g/mol. The second kappa shape index (κ2) is 7.00. The zero-order valence-corrected chi connectivity index (χ0v) is 13.1. The molecule has 1 aromatic rings. The lowest BCUT2D eigenvalue weighted by Gasteiger charge is -2.23. The van der Waals surface area contributed by atoms with Gasteiger partial charge in [-0.2, -0.15) is 0 Å². The number of carbonyl (C=O) groups is 1. The minimum absolute atomic E-state index is 0.119. The van der Waals surface area contributed by atoms with Gasteiger partial charge in [-0.05, 0) is 38.3 Å². The molecule has 1 aliphatic carbocycles. The lowest BCUT2D eigenvalue weighted by molar-refractivity contribution is 0.0527. The van der Waals surface area contributed by atoms with Crippen LogP contribution in [0.15, 0.2) is 12.1 Å². The number of hydrogen-bond donors (Lipinski definition) is 2. The maximum atomic E-state index is 12.1. The van der Waals surface area contributed by atoms with Crippen LogP contribution >= 0.6 is 11.6 Å². The van der Waals surface area contributed by atoms with Gasteiger partial charge in [0.15, 0.2) is 0 Å². The van der Waals surface area contributed by atoms with E-state index in [0.717, 1.165) is 19.3 Å². The molecule has 0 aliphatic heterocycles. The third kappa shape index (κ3) is 3.60. The van der Waals surface area contributed by atoms with Gasteiger partial charge in [0.05, 0.1) is 35.0 Å². The fourth-order valence-corrected chi connectivity index (χ4v) is 2.99. The van der Waals surface area contributed by atoms with Gasteiger partial charge in [0.2, 0.25) is 0 Å². The van der Waals surface area contributed by atoms with Gasteiger partial charge in [-0.15, -0.1) is 0 Å². The summed E-state index contributed by atoms with van der Waals surface area (Å²) in [5, 5.41) is 3.75. The Kier molecular flexibility index (Phi) is 5.31. The molecule has 21 heavy (non-hydrogen) atoms. The zero-order valence-electron chi connectivity index (χ0n) is 12.3. The molecule has 2 unspecified atom stereocenters. The number of anilines is 2. The SMILES string of the molecule is CCOC(=O)c1cc(N)cc(Cl)c1NC1CCCC1OC. The van der Waals surface area contributed by atoms with Crippen molar-refractivity contribution in [2.45, 2.75) is 38.3 Å². The number of benzene rings is 1. The van der Waals surface area contributed by atoms with E-state index in [9.17, 15) is 4.79 Å². The monoisotopic (exact) mass is 312 g/mol. The van der Waals surface area contributed by atoms with Crippen molar-refractivity contribution in [3.05, 3.63) is 22.7 Å². The van der Waals surface area contributed by atoms with Crippen molar-refractivity contribution in [1.29, 1.82) is 0 Å². The van der Waals surface area contributed by atoms with Crippen LogP contribution in [0.4, 0.5) is 11.4 Å². The van der Waals surface area contributed by atoms with Crippen LogP contribution in [0.3, 0.4) is 0 Å². The Morgan fingerprint density at radius 1 is 1.48 bits per heavy atom. The molecule has 3 N–H and O–H groups in total. The normalized spacial score (nSPS) is 21.3. The predicted molar refractivity (Wildman–Crippen MR) is 83.9 cm³/mol. The van der Waals surface area contributed by atoms with Gasteiger partial charge >= 0.3 is 5.97 Å². The minimum Gasteiger partial charge on any atom is -0.462 e. The molecule has 0 amide bonds. The molecule has 0 bridgehead atoms. The van der Waals surface area contributed by atoms with E-state index in [2.05, 4.69) is 5.32 Å². The van der Waals surface area contributed by atoms with Crippen LogP contribution in [0.2, 0.25) is 5.02 Å². The topological polar surface area (TPSA) is 73.6 Å². The fraction of sp³-hybridized carbons (Fsp3) is 0.533. The van der Waals surface area contributed by atoms with Crippen molar-refractivity contribution in [3.63, 3.8) is 0 Å². The van der Waals surface area contributed by atoms with E-state index in [1.165, 1.54) is 0 Å². The summed E-state index contributed by atoms with van der Waals surface area (Å²) in [7, 11) is 1.70. The Balaban J connectivity index is 2.30. The molecule has 0 heterocycles. The van der Waals surface area contributed by atoms with Crippen LogP contribution in [0.25, 0.3) is 0 Å². The number of carbonyl (C=O) groups excluding carboxylic acids is 1. The zero-order chi connectivity index (χ0) is 15.4. The number of nitrogens with one attached hydrogen (secondary N) is 1. The average molecular weight is 313 g/mol. The first-order valence-electron chi connectivity index (χ1n) is 7.12. The van der Waals surface area contributed by atoms with Gasteiger partial charge in [0.1, 0.15) is 0 Å². The first kappa shape index (κ1) is 15.9. The van der Waals surface area contributed by atoms with Crippen LogP contribution in [0.1, 0.15) is 36.5 Å². The van der Waals surface area contributed by atoms with E-state index in [1.807, 2.05) is 0 Å². The van der Waals surface area contributed by atoms with Crippen LogP contribution < -0.4 is 11.1 Å². The molecule has 2 rings (SSSR count). The van der Waals surface area contributed by atoms with Crippen LogP contribution in [-0.4, -0.2) is 31.8 Å². The van der Waals surface area contributed by atoms with Gasteiger partial charge in [-0.1, -0.05) is 11.6 Å². The smallest absolute Gasteiger partial charge is 0.340 e. The number of hydrogen-bond acceptors (Lipinski definition) is 5. The summed E-state index contributed by atoms with van der Waals surface area (Å²) in [5.41, 5.74) is 7.15. The summed E-state index contributed by atoms with van der Waals surface area (Å²) in [5.74, 6) is -0.429. The van der Waals surface area contributed by atoms with E-state index < -0.39 is 5.97 Å². The Morgan fingerprint density at radius 2 is 2.24 bits per heavy atom. The highest BCUT2D eigenvalue weighted by atomic mass is 35.5. The van der Waals surface area contributed by atoms with Gasteiger partial charge in [-0.25, -0.2) is 4.79 Å². The van der Waals surface area contributed by atoms with Gasteiger partial charge < -0.3 is 20.5 Å². The van der Waals surface area contributed by atoms with Crippen molar-refractivity contribution in [3.8, 4) is 0 Å². The Labute approximate surface area is 129 Å². The minimum atomic E-state index is -0.429. The first-order chi connectivity index (χ1) is 10.1. The summed E-state index contributed by atoms with van der Waals surface area (Å²) >= 11 is 6.26. The molecule has 5 nitrogen and oxygen atoms in total. The fourth-order valence-electron chi connectivity index (χ4n) is 2.70. The number of ether oxygens (including phenoxy) is 2. The Hall–Kier alpha value is -1.46. The number of nitrogen functional groups attached to an aromatic ring is 1. The first-order valence-corrected chi connectivity index (χ1v) is 7.50. The molecule has 116 valence electrons. The summed E-state index contributed by atoms with van der Waals surface area (Å²) in [6.07, 6.45) is 3.17. The third-order valence-electron chi connectivity index (χ3n) is 3.69. The predicted octanol–water partition coefficient (Wildman–Crippen LogP) is 3.08. The van der Waals surface area contributed by atoms with Gasteiger partial charge in [0, 0.05) is 12.8 Å². The second-order valence-electron chi connectivity index (χ2n) is 5.10. The number of halogens is 1. The highest BCUT2D eigenvalue weighted by molar-refractivity contribution is 6.34. The molecule has 1 aliphatic rings. The van der Waals surface area contributed by atoms with E-state index >= 15 is 0 Å². The van der Waals surface area contributed by atoms with Crippen molar-refractivity contribution >= 4 is 28.9 Å². The lowest BCUT2D eigenvalue weighted by atomic mass is 10.1. The van der Waals surface area contributed by atoms with Gasteiger partial charge in [0.25, 0.3) is 0 Å². The third-order valence-corrected chi connectivity index (χ3v) is 3.99. The molecule has 2 atom stereocenters. The molecule has 0 spiro atoms. The Bertz CT molecular complexity index is 522. The summed E-state index contributed by atoms with van der Waals surface area (Å²) < 4.78 is 10.5. The van der Waals surface area contributed by atoms with E-state index in [4.69, 9.17) is 26.8 Å². The van der Waals surface area contributed by atoms with Crippen molar-refractivity contribution < 1.29 is 14.3 Å². The quantitative estimate of drug-likeness (QED) is 0.645. The largest absolute Gasteiger partial charge is 0.462 e. The number of methoxy groups -OCH3 is 1. The summed E-state index contributed by atoms with van der Waals surface area (Å²) in [6.45, 7) is 2.06. The van der Waals surface area contributed by atoms with E-state index in [1.54, 1.807) is 26.2 Å². The molecule has 1 aromatic carbocycles. The standard InChI is InChI=1S/C15H21ClN2O3/c1-3-21-15(19)10-7-9(17)8-11(16)14(10)18-12-5-4-6-13(12)20-2/h7-8,12-13,18H,3-6,17H2,1-2H3. The highest BCUT2D eigenvalue weighted by Gasteiger charge is 2.29. The van der Waals surface area contributed by atoms with Crippen LogP contribution in [-0.2, 0) is 9.47 Å². The van der Waals surface area contributed by atoms with Crippen LogP contribution in [0, 0.1) is 0 Å². The number of nitrogens with two attached hydrogens (primary N) is 1. The maximum Gasteiger partial charge on any atom is 0.340 e. The molecular formula is C15H21ClN2O3. The summed E-state index contributed by atoms with van der Waals surface area (Å²) in [4.78, 5) is 12.1. The maximum absolute atomic E-state index is 12.1. The highest BCUT2D eigenvalue weighted by Crippen LogP contribution is 2.33. The van der Waals surface area contributed by atoms with Crippen molar-refractivity contribution in [2.24, 2.45) is 0 Å². The average Bonchev–Trinajstić information content (AvgIpc) is 2.89. The molecule has 1 saturated carbocycles. The van der Waals surface area contributed by atoms with E-state index in [0.29, 0.717) is 28.6 Å². The Morgan fingerprint density at radius 3 is 2.90 bits per heavy atom. The molecule has 1 fully saturated rings. The number of rotatable bonds is 5. The molecule has 6 heteroatoms. The van der Waals surface area contributed by atoms with E-state index in [-0.39, 0.29) is 12.1 Å².